The Balaban J connectivity index is 0.000000454. The Labute approximate surface area is 125 Å². The topological polar surface area (TPSA) is 75.1 Å². The fourth-order valence-electron chi connectivity index (χ4n) is 1.70. The second-order valence-electron chi connectivity index (χ2n) is 4.04. The van der Waals surface area contributed by atoms with Crippen LogP contribution in [0, 0.1) is 0 Å². The van der Waals surface area contributed by atoms with Gasteiger partial charge in [-0.25, -0.2) is 12.1 Å². The minimum Gasteiger partial charge on any atom is -0.860 e. The van der Waals surface area contributed by atoms with E-state index in [9.17, 15) is 5.11 Å². The van der Waals surface area contributed by atoms with E-state index < -0.39 is 0 Å². The maximum atomic E-state index is 10.9. The Hall–Kier alpha value is -1.35. The molecule has 0 heterocycles. The summed E-state index contributed by atoms with van der Waals surface area (Å²) in [7, 11) is 0. The molecule has 1 aliphatic carbocycles. The van der Waals surface area contributed by atoms with Crippen molar-refractivity contribution >= 4 is 0 Å². The maximum Gasteiger partial charge on any atom is 2.00 e. The summed E-state index contributed by atoms with van der Waals surface area (Å²) in [4.78, 5) is 0. The van der Waals surface area contributed by atoms with Gasteiger partial charge in [-0.3, -0.25) is 0 Å². The van der Waals surface area contributed by atoms with E-state index in [1.165, 1.54) is 0 Å². The first-order valence-corrected chi connectivity index (χ1v) is 6.17. The van der Waals surface area contributed by atoms with E-state index >= 15 is 0 Å². The van der Waals surface area contributed by atoms with E-state index in [4.69, 9.17) is 11.5 Å². The van der Waals surface area contributed by atoms with Gasteiger partial charge in [-0.05, 0) is 42.8 Å². The van der Waals surface area contributed by atoms with Gasteiger partial charge in [0.25, 0.3) is 0 Å². The number of hydrogen-bond donors (Lipinski definition) is 2. The van der Waals surface area contributed by atoms with Crippen LogP contribution >= 0.6 is 0 Å². The third-order valence-electron chi connectivity index (χ3n) is 2.63. The molecule has 0 atom stereocenters. The third-order valence-corrected chi connectivity index (χ3v) is 2.63. The normalized spacial score (nSPS) is 15.1. The SMILES string of the molecule is NCCCCC1=CC=CC1=C(N)[O-].[Fe+2].c1cc[cH-]c1. The molecule has 104 valence electrons. The molecule has 1 aliphatic rings. The summed E-state index contributed by atoms with van der Waals surface area (Å²) < 4.78 is 0. The second-order valence-corrected chi connectivity index (χ2v) is 4.04. The largest absolute Gasteiger partial charge is 2.00 e. The summed E-state index contributed by atoms with van der Waals surface area (Å²) in [6.45, 7) is 0.701. The van der Waals surface area contributed by atoms with Gasteiger partial charge in [-0.15, -0.1) is 0 Å². The summed E-state index contributed by atoms with van der Waals surface area (Å²) in [5, 5.41) is 10.9. The molecule has 1 aromatic carbocycles. The molecular formula is C15H20FeN2O. The molecule has 0 saturated carbocycles. The van der Waals surface area contributed by atoms with Crippen molar-refractivity contribution < 1.29 is 22.2 Å². The van der Waals surface area contributed by atoms with Crippen LogP contribution < -0.4 is 16.6 Å². The van der Waals surface area contributed by atoms with Gasteiger partial charge in [-0.1, -0.05) is 18.2 Å². The molecule has 0 bridgehead atoms. The molecule has 0 saturated heterocycles. The summed E-state index contributed by atoms with van der Waals surface area (Å²) in [5.74, 6) is -0.340. The number of hydrogen-bond acceptors (Lipinski definition) is 3. The van der Waals surface area contributed by atoms with E-state index in [1.54, 1.807) is 6.08 Å². The van der Waals surface area contributed by atoms with Crippen molar-refractivity contribution in [2.45, 2.75) is 19.3 Å². The standard InChI is InChI=1S/C10H16N2O.C5H5.Fe/c11-7-2-1-4-8-5-3-6-9(8)10(12)13;1-2-4-5-3-1;/h3,5-6,13H,1-2,4,7,11-12H2;1-5H;/q;-1;+2/p-1. The van der Waals surface area contributed by atoms with Crippen molar-refractivity contribution in [1.29, 1.82) is 0 Å². The van der Waals surface area contributed by atoms with Gasteiger partial charge < -0.3 is 16.6 Å². The zero-order valence-corrected chi connectivity index (χ0v) is 12.0. The Morgan fingerprint density at radius 1 is 1.21 bits per heavy atom. The first kappa shape index (κ1) is 17.6. The maximum absolute atomic E-state index is 10.9. The van der Waals surface area contributed by atoms with E-state index in [2.05, 4.69) is 0 Å². The minimum atomic E-state index is -0.340. The van der Waals surface area contributed by atoms with Crippen molar-refractivity contribution in [3.8, 4) is 0 Å². The molecule has 0 amide bonds. The van der Waals surface area contributed by atoms with Gasteiger partial charge in [0, 0.05) is 0 Å². The zero-order chi connectivity index (χ0) is 13.2. The molecule has 4 heteroatoms. The first-order chi connectivity index (χ1) is 8.75. The van der Waals surface area contributed by atoms with Crippen molar-refractivity contribution in [2.75, 3.05) is 6.54 Å². The average Bonchev–Trinajstić information content (AvgIpc) is 3.03. The molecule has 4 N–H and O–H groups in total. The number of allylic oxidation sites excluding steroid dienone is 5. The van der Waals surface area contributed by atoms with Gasteiger partial charge in [0.1, 0.15) is 0 Å². The Bertz CT molecular complexity index is 398. The molecule has 0 fully saturated rings. The summed E-state index contributed by atoms with van der Waals surface area (Å²) in [5.41, 5.74) is 12.3. The van der Waals surface area contributed by atoms with Crippen LogP contribution in [0.2, 0.25) is 0 Å². The molecule has 0 spiro atoms. The van der Waals surface area contributed by atoms with Gasteiger partial charge in [0.15, 0.2) is 0 Å². The number of unbranched alkanes of at least 4 members (excludes halogenated alkanes) is 1. The van der Waals surface area contributed by atoms with Crippen LogP contribution in [-0.2, 0) is 17.1 Å². The molecule has 2 rings (SSSR count). The van der Waals surface area contributed by atoms with Crippen LogP contribution in [-0.4, -0.2) is 6.54 Å². The van der Waals surface area contributed by atoms with Crippen molar-refractivity contribution in [2.24, 2.45) is 11.5 Å². The minimum absolute atomic E-state index is 0. The second kappa shape index (κ2) is 10.6. The van der Waals surface area contributed by atoms with Crippen LogP contribution in [0.15, 0.2) is 65.6 Å². The molecule has 3 nitrogen and oxygen atoms in total. The quantitative estimate of drug-likeness (QED) is 0.383. The van der Waals surface area contributed by atoms with Gasteiger partial charge in [-0.2, -0.15) is 18.2 Å². The van der Waals surface area contributed by atoms with Gasteiger partial charge in [0.05, 0.1) is 0 Å². The smallest absolute Gasteiger partial charge is 0.860 e. The average molecular weight is 300 g/mol. The van der Waals surface area contributed by atoms with E-state index in [-0.39, 0.29) is 23.0 Å². The molecule has 0 aliphatic heterocycles. The first-order valence-electron chi connectivity index (χ1n) is 6.17. The summed E-state index contributed by atoms with van der Waals surface area (Å²) in [6, 6.07) is 10.0. The Morgan fingerprint density at radius 3 is 2.37 bits per heavy atom. The van der Waals surface area contributed by atoms with Crippen LogP contribution in [0.5, 0.6) is 0 Å². The van der Waals surface area contributed by atoms with Crippen molar-refractivity contribution in [1.82, 2.24) is 0 Å². The van der Waals surface area contributed by atoms with E-state index in [0.717, 1.165) is 24.8 Å². The molecule has 0 aromatic heterocycles. The number of nitrogens with two attached hydrogens (primary N) is 2. The van der Waals surface area contributed by atoms with Crippen LogP contribution in [0.1, 0.15) is 19.3 Å². The van der Waals surface area contributed by atoms with E-state index in [1.807, 2.05) is 42.5 Å². The Morgan fingerprint density at radius 2 is 1.89 bits per heavy atom. The fourth-order valence-corrected chi connectivity index (χ4v) is 1.70. The molecule has 0 unspecified atom stereocenters. The molecule has 1 aromatic rings. The summed E-state index contributed by atoms with van der Waals surface area (Å²) >= 11 is 0. The van der Waals surface area contributed by atoms with Gasteiger partial charge >= 0.3 is 17.1 Å². The Kier molecular flexibility index (Phi) is 9.81. The van der Waals surface area contributed by atoms with Crippen LogP contribution in [0.4, 0.5) is 0 Å². The van der Waals surface area contributed by atoms with E-state index in [0.29, 0.717) is 12.1 Å². The van der Waals surface area contributed by atoms with Crippen molar-refractivity contribution in [3.63, 3.8) is 0 Å². The third kappa shape index (κ3) is 6.97. The predicted molar refractivity (Wildman–Crippen MR) is 73.4 cm³/mol. The van der Waals surface area contributed by atoms with Crippen molar-refractivity contribution in [3.05, 3.63) is 65.6 Å². The van der Waals surface area contributed by atoms with Crippen LogP contribution in [0.3, 0.4) is 0 Å². The zero-order valence-electron chi connectivity index (χ0n) is 10.9. The molecular weight excluding hydrogens is 280 g/mol. The predicted octanol–water partition coefficient (Wildman–Crippen LogP) is 1.55. The van der Waals surface area contributed by atoms with Gasteiger partial charge in [0.2, 0.25) is 0 Å². The molecule has 0 radical (unpaired) electrons. The van der Waals surface area contributed by atoms with Crippen LogP contribution in [0.25, 0.3) is 0 Å². The fraction of sp³-hybridized carbons (Fsp3) is 0.267. The number of rotatable bonds is 4. The summed E-state index contributed by atoms with van der Waals surface area (Å²) in [6.07, 6.45) is 8.46. The monoisotopic (exact) mass is 300 g/mol. The molecule has 19 heavy (non-hydrogen) atoms.